The summed E-state index contributed by atoms with van der Waals surface area (Å²) < 4.78 is 47.1. The Labute approximate surface area is 188 Å². The maximum atomic E-state index is 13.2. The van der Waals surface area contributed by atoms with Gasteiger partial charge in [-0.2, -0.15) is 0 Å². The molecule has 0 spiro atoms. The highest BCUT2D eigenvalue weighted by Gasteiger charge is 2.31. The van der Waals surface area contributed by atoms with Gasteiger partial charge < -0.3 is 19.7 Å². The number of alkyl halides is 3. The van der Waals surface area contributed by atoms with Crippen LogP contribution in [0.3, 0.4) is 0 Å². The van der Waals surface area contributed by atoms with Crippen LogP contribution in [-0.4, -0.2) is 53.4 Å². The minimum Gasteiger partial charge on any atom is -0.406 e. The molecule has 1 N–H and O–H groups in total. The van der Waals surface area contributed by atoms with Crippen molar-refractivity contribution in [1.29, 1.82) is 0 Å². The number of rotatable bonds is 4. The van der Waals surface area contributed by atoms with Crippen molar-refractivity contribution in [2.45, 2.75) is 13.3 Å². The van der Waals surface area contributed by atoms with Gasteiger partial charge in [0.2, 0.25) is 0 Å². The Morgan fingerprint density at radius 3 is 2.66 bits per heavy atom. The first kappa shape index (κ1) is 23.6. The largest absolute Gasteiger partial charge is 0.573 e. The fourth-order valence-electron chi connectivity index (χ4n) is 3.32. The summed E-state index contributed by atoms with van der Waals surface area (Å²) in [4.78, 5) is 23.5. The van der Waals surface area contributed by atoms with Crippen LogP contribution in [0.25, 0.3) is 11.0 Å². The number of anilines is 2. The number of pyridine rings is 2. The van der Waals surface area contributed by atoms with Crippen LogP contribution in [0.15, 0.2) is 42.6 Å². The van der Waals surface area contributed by atoms with E-state index >= 15 is 0 Å². The van der Waals surface area contributed by atoms with Crippen molar-refractivity contribution in [2.75, 3.05) is 31.6 Å². The zero-order chi connectivity index (χ0) is 22.0. The normalized spacial score (nSPS) is 14.1. The van der Waals surface area contributed by atoms with Crippen LogP contribution in [0.5, 0.6) is 5.75 Å². The van der Waals surface area contributed by atoms with Crippen LogP contribution in [0, 0.1) is 6.92 Å². The molecule has 7 nitrogen and oxygen atoms in total. The first-order valence-corrected chi connectivity index (χ1v) is 9.56. The van der Waals surface area contributed by atoms with Crippen LogP contribution in [-0.2, 0) is 4.74 Å². The van der Waals surface area contributed by atoms with E-state index < -0.39 is 6.36 Å². The predicted molar refractivity (Wildman–Crippen MR) is 115 cm³/mol. The van der Waals surface area contributed by atoms with Crippen molar-refractivity contribution in [1.82, 2.24) is 14.9 Å². The Morgan fingerprint density at radius 1 is 1.19 bits per heavy atom. The molecule has 0 radical (unpaired) electrons. The Morgan fingerprint density at radius 2 is 1.94 bits per heavy atom. The van der Waals surface area contributed by atoms with E-state index in [1.54, 1.807) is 23.1 Å². The summed E-state index contributed by atoms with van der Waals surface area (Å²) in [6.45, 7) is 3.58. The summed E-state index contributed by atoms with van der Waals surface area (Å²) in [6, 6.07) is 8.98. The lowest BCUT2D eigenvalue weighted by atomic mass is 10.1. The van der Waals surface area contributed by atoms with Gasteiger partial charge in [-0.1, -0.05) is 6.07 Å². The molecule has 1 fully saturated rings. The van der Waals surface area contributed by atoms with Crippen LogP contribution in [0.4, 0.5) is 24.5 Å². The highest BCUT2D eigenvalue weighted by Crippen LogP contribution is 2.32. The van der Waals surface area contributed by atoms with E-state index in [9.17, 15) is 18.0 Å². The second-order valence-corrected chi connectivity index (χ2v) is 6.98. The summed E-state index contributed by atoms with van der Waals surface area (Å²) in [6.07, 6.45) is -3.37. The van der Waals surface area contributed by atoms with E-state index in [0.717, 1.165) is 5.69 Å². The van der Waals surface area contributed by atoms with E-state index in [1.165, 1.54) is 24.4 Å². The molecular formula is C21H20ClF3N4O3. The second kappa shape index (κ2) is 9.58. The minimum absolute atomic E-state index is 0. The van der Waals surface area contributed by atoms with E-state index in [0.29, 0.717) is 54.3 Å². The molecule has 2 aromatic heterocycles. The molecule has 170 valence electrons. The third kappa shape index (κ3) is 5.38. The summed E-state index contributed by atoms with van der Waals surface area (Å²) >= 11 is 0. The first-order valence-electron chi connectivity index (χ1n) is 9.56. The Bertz CT molecular complexity index is 1120. The lowest BCUT2D eigenvalue weighted by Crippen LogP contribution is -2.41. The molecule has 0 aliphatic carbocycles. The van der Waals surface area contributed by atoms with Crippen LogP contribution < -0.4 is 10.1 Å². The second-order valence-electron chi connectivity index (χ2n) is 6.98. The van der Waals surface area contributed by atoms with Gasteiger partial charge in [0.25, 0.3) is 5.91 Å². The highest BCUT2D eigenvalue weighted by molar-refractivity contribution is 6.07. The molecule has 1 aliphatic rings. The van der Waals surface area contributed by atoms with Gasteiger partial charge in [0, 0.05) is 42.1 Å². The Balaban J connectivity index is 0.00000289. The van der Waals surface area contributed by atoms with Crippen molar-refractivity contribution in [3.05, 3.63) is 53.9 Å². The molecule has 1 amide bonds. The van der Waals surface area contributed by atoms with Gasteiger partial charge in [0.15, 0.2) is 5.65 Å². The van der Waals surface area contributed by atoms with Crippen molar-refractivity contribution < 1.29 is 27.4 Å². The number of aryl methyl sites for hydroxylation is 1. The monoisotopic (exact) mass is 468 g/mol. The van der Waals surface area contributed by atoms with Crippen LogP contribution in [0.2, 0.25) is 0 Å². The number of fused-ring (bicyclic) bond motifs is 1. The molecule has 0 saturated carbocycles. The Hall–Kier alpha value is -3.11. The molecule has 0 atom stereocenters. The van der Waals surface area contributed by atoms with Gasteiger partial charge in [0.1, 0.15) is 5.75 Å². The summed E-state index contributed by atoms with van der Waals surface area (Å²) in [5, 5.41) is 3.65. The molecule has 3 aromatic rings. The number of nitrogens with one attached hydrogen (secondary N) is 1. The zero-order valence-electron chi connectivity index (χ0n) is 17.0. The average molecular weight is 469 g/mol. The van der Waals surface area contributed by atoms with Gasteiger partial charge >= 0.3 is 6.36 Å². The number of benzene rings is 1. The van der Waals surface area contributed by atoms with Crippen molar-refractivity contribution in [2.24, 2.45) is 0 Å². The number of amides is 1. The molecule has 32 heavy (non-hydrogen) atoms. The first-order chi connectivity index (χ1) is 14.8. The van der Waals surface area contributed by atoms with Gasteiger partial charge in [-0.15, -0.1) is 25.6 Å². The molecule has 1 aromatic carbocycles. The molecule has 4 rings (SSSR count). The van der Waals surface area contributed by atoms with Crippen LogP contribution in [0.1, 0.15) is 16.1 Å². The molecule has 0 bridgehead atoms. The number of carbonyl (C=O) groups is 1. The summed E-state index contributed by atoms with van der Waals surface area (Å²) in [5.74, 6) is -0.616. The minimum atomic E-state index is -4.80. The molecule has 1 aliphatic heterocycles. The SMILES string of the molecule is Cc1ccc2c(Nc3cccc(OC(F)(F)F)c3)c(C(=O)N3CCOCC3)cnc2n1.Cl. The van der Waals surface area contributed by atoms with Crippen LogP contribution >= 0.6 is 12.4 Å². The van der Waals surface area contributed by atoms with Gasteiger partial charge in [0.05, 0.1) is 24.5 Å². The standard InChI is InChI=1S/C21H19F3N4O3.ClH/c1-13-5-6-16-18(27-14-3-2-4-15(11-14)31-21(22,23)24)17(12-25-19(16)26-13)20(29)28-7-9-30-10-8-28;/h2-6,11-12H,7-10H2,1H3,(H,25,26,27);1H. The average Bonchev–Trinajstić information content (AvgIpc) is 2.73. The third-order valence-electron chi connectivity index (χ3n) is 4.73. The fraction of sp³-hybridized carbons (Fsp3) is 0.286. The van der Waals surface area contributed by atoms with Crippen molar-refractivity contribution >= 4 is 40.7 Å². The summed E-state index contributed by atoms with van der Waals surface area (Å²) in [5.41, 5.74) is 2.20. The maximum absolute atomic E-state index is 13.2. The van der Waals surface area contributed by atoms with E-state index in [1.807, 2.05) is 6.92 Å². The van der Waals surface area contributed by atoms with Crippen molar-refractivity contribution in [3.8, 4) is 5.75 Å². The Kier molecular flexibility index (Phi) is 7.05. The maximum Gasteiger partial charge on any atom is 0.573 e. The molecule has 3 heterocycles. The van der Waals surface area contributed by atoms with Crippen molar-refractivity contribution in [3.63, 3.8) is 0 Å². The topological polar surface area (TPSA) is 76.6 Å². The van der Waals surface area contributed by atoms with Gasteiger partial charge in [-0.25, -0.2) is 9.97 Å². The van der Waals surface area contributed by atoms with Gasteiger partial charge in [-0.05, 0) is 31.2 Å². The lowest BCUT2D eigenvalue weighted by Gasteiger charge is -2.27. The number of carbonyl (C=O) groups excluding carboxylic acids is 1. The van der Waals surface area contributed by atoms with E-state index in [2.05, 4.69) is 20.0 Å². The number of morpholine rings is 1. The number of hydrogen-bond donors (Lipinski definition) is 1. The molecule has 0 unspecified atom stereocenters. The lowest BCUT2D eigenvalue weighted by molar-refractivity contribution is -0.274. The number of hydrogen-bond acceptors (Lipinski definition) is 6. The number of aromatic nitrogens is 2. The number of nitrogens with zero attached hydrogens (tertiary/aromatic N) is 3. The number of ether oxygens (including phenoxy) is 2. The fourth-order valence-corrected chi connectivity index (χ4v) is 3.32. The zero-order valence-corrected chi connectivity index (χ0v) is 17.8. The highest BCUT2D eigenvalue weighted by atomic mass is 35.5. The molecule has 1 saturated heterocycles. The molecule has 11 heteroatoms. The smallest absolute Gasteiger partial charge is 0.406 e. The third-order valence-corrected chi connectivity index (χ3v) is 4.73. The molecular weight excluding hydrogens is 449 g/mol. The summed E-state index contributed by atoms with van der Waals surface area (Å²) in [7, 11) is 0. The van der Waals surface area contributed by atoms with Gasteiger partial charge in [-0.3, -0.25) is 4.79 Å². The van der Waals surface area contributed by atoms with E-state index in [-0.39, 0.29) is 24.1 Å². The number of halogens is 4. The van der Waals surface area contributed by atoms with E-state index in [4.69, 9.17) is 4.74 Å². The predicted octanol–water partition coefficient (Wildman–Crippen LogP) is 4.47. The quantitative estimate of drug-likeness (QED) is 0.608.